The molecule has 0 bridgehead atoms. The van der Waals surface area contributed by atoms with E-state index in [1.54, 1.807) is 18.2 Å². The van der Waals surface area contributed by atoms with Gasteiger partial charge in [0, 0.05) is 17.5 Å². The van der Waals surface area contributed by atoms with E-state index in [1.807, 2.05) is 6.92 Å². The van der Waals surface area contributed by atoms with Crippen molar-refractivity contribution < 1.29 is 18.3 Å². The number of aliphatic imine (C=N–C) groups is 2. The van der Waals surface area contributed by atoms with E-state index in [2.05, 4.69) is 34.3 Å². The molecule has 1 N–H and O–H groups in total. The van der Waals surface area contributed by atoms with E-state index >= 15 is 0 Å². The number of carbonyl (C=O) groups is 1. The SMILES string of the molecule is CCC1N=C(c2cccc(F)c2)c2cc(F)ccc2N=C1N/N=C(\CCCN(CC)CC)C(=O)OC. The van der Waals surface area contributed by atoms with Crippen LogP contribution in [0.5, 0.6) is 0 Å². The molecule has 1 unspecified atom stereocenters. The molecule has 192 valence electrons. The van der Waals surface area contributed by atoms with E-state index in [1.165, 1.54) is 31.4 Å². The van der Waals surface area contributed by atoms with Crippen molar-refractivity contribution in [2.75, 3.05) is 26.7 Å². The summed E-state index contributed by atoms with van der Waals surface area (Å²) >= 11 is 0. The number of carbonyl (C=O) groups excluding carboxylic acids is 1. The van der Waals surface area contributed by atoms with Crippen LogP contribution in [-0.4, -0.2) is 60.9 Å². The number of amidine groups is 1. The molecular formula is C27H33F2N5O2. The minimum atomic E-state index is -0.518. The van der Waals surface area contributed by atoms with Crippen molar-refractivity contribution in [3.05, 3.63) is 65.2 Å². The van der Waals surface area contributed by atoms with Gasteiger partial charge in [-0.1, -0.05) is 32.9 Å². The second kappa shape index (κ2) is 13.0. The summed E-state index contributed by atoms with van der Waals surface area (Å²) in [6, 6.07) is 9.75. The van der Waals surface area contributed by atoms with Crippen molar-refractivity contribution in [1.82, 2.24) is 10.3 Å². The number of nitrogens with zero attached hydrogens (tertiary/aromatic N) is 4. The maximum absolute atomic E-state index is 14.2. The minimum absolute atomic E-state index is 0.250. The Balaban J connectivity index is 1.96. The van der Waals surface area contributed by atoms with Crippen LogP contribution in [0.2, 0.25) is 0 Å². The summed E-state index contributed by atoms with van der Waals surface area (Å²) in [5.41, 5.74) is 5.06. The zero-order chi connectivity index (χ0) is 26.1. The Bertz CT molecular complexity index is 1160. The lowest BCUT2D eigenvalue weighted by Crippen LogP contribution is -2.32. The van der Waals surface area contributed by atoms with E-state index in [0.717, 1.165) is 26.1 Å². The van der Waals surface area contributed by atoms with Crippen LogP contribution in [0, 0.1) is 11.6 Å². The smallest absolute Gasteiger partial charge is 0.354 e. The molecule has 0 fully saturated rings. The third kappa shape index (κ3) is 6.81. The number of ether oxygens (including phenoxy) is 1. The minimum Gasteiger partial charge on any atom is -0.464 e. The maximum Gasteiger partial charge on any atom is 0.354 e. The van der Waals surface area contributed by atoms with Gasteiger partial charge in [-0.25, -0.2) is 18.6 Å². The molecule has 3 rings (SSSR count). The van der Waals surface area contributed by atoms with Crippen molar-refractivity contribution >= 4 is 28.9 Å². The molecule has 1 atom stereocenters. The highest BCUT2D eigenvalue weighted by Gasteiger charge is 2.24. The number of hydrogen-bond donors (Lipinski definition) is 1. The molecule has 0 spiro atoms. The molecule has 0 amide bonds. The summed E-state index contributed by atoms with van der Waals surface area (Å²) in [7, 11) is 1.32. The van der Waals surface area contributed by atoms with Gasteiger partial charge in [0.2, 0.25) is 0 Å². The third-order valence-corrected chi connectivity index (χ3v) is 6.05. The highest BCUT2D eigenvalue weighted by Crippen LogP contribution is 2.28. The molecule has 0 saturated heterocycles. The van der Waals surface area contributed by atoms with Gasteiger partial charge in [-0.3, -0.25) is 10.4 Å². The summed E-state index contributed by atoms with van der Waals surface area (Å²) in [6.07, 6.45) is 1.72. The van der Waals surface area contributed by atoms with Crippen LogP contribution in [-0.2, 0) is 9.53 Å². The Hall–Kier alpha value is -3.46. The Morgan fingerprint density at radius 2 is 1.86 bits per heavy atom. The predicted molar refractivity (Wildman–Crippen MR) is 139 cm³/mol. The number of benzene rings is 2. The van der Waals surface area contributed by atoms with Gasteiger partial charge >= 0.3 is 5.97 Å². The second-order valence-electron chi connectivity index (χ2n) is 8.36. The van der Waals surface area contributed by atoms with Crippen LogP contribution in [0.1, 0.15) is 51.2 Å². The molecule has 0 aliphatic carbocycles. The maximum atomic E-state index is 14.2. The van der Waals surface area contributed by atoms with Gasteiger partial charge in [-0.2, -0.15) is 5.10 Å². The highest BCUT2D eigenvalue weighted by atomic mass is 19.1. The van der Waals surface area contributed by atoms with Gasteiger partial charge in [0.1, 0.15) is 29.2 Å². The lowest BCUT2D eigenvalue weighted by Gasteiger charge is -2.17. The highest BCUT2D eigenvalue weighted by molar-refractivity contribution is 6.36. The van der Waals surface area contributed by atoms with Crippen LogP contribution in [0.3, 0.4) is 0 Å². The van der Waals surface area contributed by atoms with Crippen molar-refractivity contribution in [1.29, 1.82) is 0 Å². The first kappa shape index (κ1) is 27.1. The van der Waals surface area contributed by atoms with Gasteiger partial charge in [0.05, 0.1) is 18.5 Å². The lowest BCUT2D eigenvalue weighted by molar-refractivity contribution is -0.132. The quantitative estimate of drug-likeness (QED) is 0.289. The average Bonchev–Trinajstić information content (AvgIpc) is 3.04. The average molecular weight is 498 g/mol. The monoisotopic (exact) mass is 497 g/mol. The van der Waals surface area contributed by atoms with Crippen molar-refractivity contribution in [3.63, 3.8) is 0 Å². The number of nitrogens with one attached hydrogen (secondary N) is 1. The zero-order valence-electron chi connectivity index (χ0n) is 21.2. The first-order chi connectivity index (χ1) is 17.4. The van der Waals surface area contributed by atoms with Gasteiger partial charge in [-0.15, -0.1) is 0 Å². The summed E-state index contributed by atoms with van der Waals surface area (Å²) in [4.78, 5) is 24.1. The molecule has 0 aromatic heterocycles. The Morgan fingerprint density at radius 1 is 1.11 bits per heavy atom. The van der Waals surface area contributed by atoms with E-state index in [-0.39, 0.29) is 5.71 Å². The summed E-state index contributed by atoms with van der Waals surface area (Å²) in [5, 5.41) is 4.35. The number of esters is 1. The fourth-order valence-electron chi connectivity index (χ4n) is 3.99. The molecule has 0 saturated carbocycles. The van der Waals surface area contributed by atoms with Crippen LogP contribution < -0.4 is 5.43 Å². The zero-order valence-corrected chi connectivity index (χ0v) is 21.2. The molecule has 1 aliphatic heterocycles. The molecule has 2 aromatic rings. The second-order valence-corrected chi connectivity index (χ2v) is 8.36. The van der Waals surface area contributed by atoms with Crippen LogP contribution in [0.4, 0.5) is 14.5 Å². The number of halogens is 2. The summed E-state index contributed by atoms with van der Waals surface area (Å²) in [5.74, 6) is -0.976. The predicted octanol–water partition coefficient (Wildman–Crippen LogP) is 4.87. The van der Waals surface area contributed by atoms with Gasteiger partial charge in [0.25, 0.3) is 0 Å². The van der Waals surface area contributed by atoms with E-state index in [4.69, 9.17) is 9.73 Å². The topological polar surface area (TPSA) is 78.7 Å². The standard InChI is InChI=1S/C27H33F2N5O2/c1-5-22-26(33-32-24(27(35)36-4)12-9-15-34(6-2)7-3)31-23-14-13-20(29)17-21(23)25(30-22)18-10-8-11-19(28)16-18/h8,10-11,13-14,16-17,22H,5-7,9,12,15H2,1-4H3,(H,31,33)/b32-24+. The molecule has 2 aromatic carbocycles. The fourth-order valence-corrected chi connectivity index (χ4v) is 3.99. The summed E-state index contributed by atoms with van der Waals surface area (Å²) in [6.45, 7) is 8.82. The largest absolute Gasteiger partial charge is 0.464 e. The molecule has 7 nitrogen and oxygen atoms in total. The number of methoxy groups -OCH3 is 1. The Labute approximate surface area is 211 Å². The van der Waals surface area contributed by atoms with E-state index in [9.17, 15) is 13.6 Å². The first-order valence-corrected chi connectivity index (χ1v) is 12.3. The third-order valence-electron chi connectivity index (χ3n) is 6.05. The molecular weight excluding hydrogens is 464 g/mol. The molecule has 1 heterocycles. The van der Waals surface area contributed by atoms with Gasteiger partial charge in [-0.05, 0) is 62.8 Å². The first-order valence-electron chi connectivity index (χ1n) is 12.3. The number of rotatable bonds is 10. The van der Waals surface area contributed by atoms with E-state index in [0.29, 0.717) is 41.2 Å². The van der Waals surface area contributed by atoms with Crippen LogP contribution in [0.15, 0.2) is 57.6 Å². The van der Waals surface area contributed by atoms with Gasteiger partial charge < -0.3 is 9.64 Å². The van der Waals surface area contributed by atoms with Crippen molar-refractivity contribution in [3.8, 4) is 0 Å². The number of hydrazone groups is 1. The normalized spacial score (nSPS) is 15.6. The molecule has 1 aliphatic rings. The lowest BCUT2D eigenvalue weighted by atomic mass is 10.00. The van der Waals surface area contributed by atoms with Gasteiger partial charge in [0.15, 0.2) is 0 Å². The fraction of sp³-hybridized carbons (Fsp3) is 0.407. The number of fused-ring (bicyclic) bond motifs is 1. The summed E-state index contributed by atoms with van der Waals surface area (Å²) < 4.78 is 33.2. The van der Waals surface area contributed by atoms with Crippen LogP contribution in [0.25, 0.3) is 0 Å². The van der Waals surface area contributed by atoms with E-state index < -0.39 is 23.6 Å². The van der Waals surface area contributed by atoms with Crippen molar-refractivity contribution in [2.45, 2.75) is 46.1 Å². The Kier molecular flexibility index (Phi) is 9.81. The molecule has 0 radical (unpaired) electrons. The van der Waals surface area contributed by atoms with Crippen LogP contribution >= 0.6 is 0 Å². The molecule has 9 heteroatoms. The Morgan fingerprint density at radius 3 is 2.53 bits per heavy atom. The van der Waals surface area contributed by atoms with Crippen molar-refractivity contribution in [2.24, 2.45) is 15.1 Å². The number of hydrogen-bond acceptors (Lipinski definition) is 7. The molecule has 36 heavy (non-hydrogen) atoms.